The molecule has 2 saturated carbocycles. The zero-order valence-electron chi connectivity index (χ0n) is 23.4. The summed E-state index contributed by atoms with van der Waals surface area (Å²) in [7, 11) is 2.64. The fourth-order valence-electron chi connectivity index (χ4n) is 4.78. The predicted molar refractivity (Wildman–Crippen MR) is 150 cm³/mol. The van der Waals surface area contributed by atoms with Crippen molar-refractivity contribution in [3.8, 4) is 11.5 Å². The number of aliphatic hydroxyl groups excluding tert-OH is 1. The SMILES string of the molecule is COc1cc(C(=O)NC2CCC(=O)CC2)ccc1[N+](=O)[O-].COc1cc(C(=O)NC2CCC(O)CC2)ccc1[N+](=O)[O-]. The number of nitrogens with zero attached hydrogens (tertiary/aromatic N) is 2. The van der Waals surface area contributed by atoms with Crippen LogP contribution in [-0.2, 0) is 4.79 Å². The van der Waals surface area contributed by atoms with Gasteiger partial charge in [0.05, 0.1) is 30.2 Å². The fourth-order valence-corrected chi connectivity index (χ4v) is 4.78. The number of hydrogen-bond acceptors (Lipinski definition) is 10. The lowest BCUT2D eigenvalue weighted by atomic mass is 9.93. The Morgan fingerprint density at radius 1 is 0.762 bits per heavy atom. The molecule has 3 N–H and O–H groups in total. The first-order valence-corrected chi connectivity index (χ1v) is 13.5. The van der Waals surface area contributed by atoms with Crippen LogP contribution in [0.1, 0.15) is 72.1 Å². The van der Waals surface area contributed by atoms with Gasteiger partial charge in [-0.15, -0.1) is 0 Å². The third-order valence-corrected chi connectivity index (χ3v) is 7.19. The number of aliphatic hydroxyl groups is 1. The molecule has 0 unspecified atom stereocenters. The van der Waals surface area contributed by atoms with Crippen LogP contribution in [0.25, 0.3) is 0 Å². The zero-order chi connectivity index (χ0) is 30.8. The molecule has 0 radical (unpaired) electrons. The smallest absolute Gasteiger partial charge is 0.310 e. The maximum Gasteiger partial charge on any atom is 0.310 e. The summed E-state index contributed by atoms with van der Waals surface area (Å²) < 4.78 is 9.88. The van der Waals surface area contributed by atoms with Crippen molar-refractivity contribution in [1.82, 2.24) is 10.6 Å². The molecule has 2 aliphatic rings. The van der Waals surface area contributed by atoms with Crippen LogP contribution in [-0.4, -0.2) is 65.0 Å². The first-order chi connectivity index (χ1) is 20.0. The minimum Gasteiger partial charge on any atom is -0.490 e. The monoisotopic (exact) mass is 586 g/mol. The number of carbonyl (C=O) groups excluding carboxylic acids is 3. The van der Waals surface area contributed by atoms with Crippen LogP contribution >= 0.6 is 0 Å². The lowest BCUT2D eigenvalue weighted by molar-refractivity contribution is -0.385. The Kier molecular flexibility index (Phi) is 11.3. The van der Waals surface area contributed by atoms with Crippen molar-refractivity contribution in [2.45, 2.75) is 69.6 Å². The molecule has 2 aliphatic carbocycles. The summed E-state index contributed by atoms with van der Waals surface area (Å²) in [5, 5.41) is 36.8. The van der Waals surface area contributed by atoms with E-state index in [1.165, 1.54) is 50.6 Å². The Bertz CT molecular complexity index is 1310. The van der Waals surface area contributed by atoms with E-state index in [4.69, 9.17) is 9.47 Å². The average Bonchev–Trinajstić information content (AvgIpc) is 2.98. The maximum atomic E-state index is 12.1. The van der Waals surface area contributed by atoms with E-state index in [1.54, 1.807) is 0 Å². The van der Waals surface area contributed by atoms with Crippen LogP contribution in [0.2, 0.25) is 0 Å². The molecule has 14 heteroatoms. The number of rotatable bonds is 8. The van der Waals surface area contributed by atoms with E-state index in [0.717, 1.165) is 12.8 Å². The molecule has 4 rings (SSSR count). The van der Waals surface area contributed by atoms with Gasteiger partial charge >= 0.3 is 11.4 Å². The molecule has 2 aromatic rings. The molecule has 0 bridgehead atoms. The van der Waals surface area contributed by atoms with Gasteiger partial charge in [0.2, 0.25) is 0 Å². The van der Waals surface area contributed by atoms with Crippen molar-refractivity contribution in [3.63, 3.8) is 0 Å². The van der Waals surface area contributed by atoms with Crippen molar-refractivity contribution in [1.29, 1.82) is 0 Å². The van der Waals surface area contributed by atoms with E-state index < -0.39 is 9.85 Å². The van der Waals surface area contributed by atoms with Gasteiger partial charge in [0, 0.05) is 60.3 Å². The highest BCUT2D eigenvalue weighted by Crippen LogP contribution is 2.29. The molecule has 0 aromatic heterocycles. The Morgan fingerprint density at radius 3 is 1.55 bits per heavy atom. The highest BCUT2D eigenvalue weighted by atomic mass is 16.6. The van der Waals surface area contributed by atoms with E-state index >= 15 is 0 Å². The molecule has 2 amide bonds. The number of Topliss-reactive ketones (excluding diaryl/α,β-unsaturated/α-hetero) is 1. The second-order valence-corrected chi connectivity index (χ2v) is 10.1. The first kappa shape index (κ1) is 31.9. The molecular weight excluding hydrogens is 552 g/mol. The standard InChI is InChI=1S/C14H18N2O5.C14H16N2O5/c2*1-21-13-8-9(2-7-12(13)16(19)20)14(18)15-10-3-5-11(17)6-4-10/h2,7-8,10-11,17H,3-6H2,1H3,(H,15,18);2,7-8,10H,3-6H2,1H3,(H,15,18). The first-order valence-electron chi connectivity index (χ1n) is 13.5. The molecule has 42 heavy (non-hydrogen) atoms. The summed E-state index contributed by atoms with van der Waals surface area (Å²) in [5.41, 5.74) is 0.269. The number of carbonyl (C=O) groups is 3. The third-order valence-electron chi connectivity index (χ3n) is 7.19. The van der Waals surface area contributed by atoms with Crippen molar-refractivity contribution in [2.24, 2.45) is 0 Å². The van der Waals surface area contributed by atoms with Gasteiger partial charge in [0.1, 0.15) is 5.78 Å². The lowest BCUT2D eigenvalue weighted by Crippen LogP contribution is -2.38. The lowest BCUT2D eigenvalue weighted by Gasteiger charge is -2.26. The normalized spacial score (nSPS) is 18.6. The second kappa shape index (κ2) is 14.9. The average molecular weight is 587 g/mol. The quantitative estimate of drug-likeness (QED) is 0.304. The number of hydrogen-bond donors (Lipinski definition) is 3. The number of nitro benzene ring substituents is 2. The zero-order valence-corrected chi connectivity index (χ0v) is 23.4. The summed E-state index contributed by atoms with van der Waals surface area (Å²) in [6, 6.07) is 8.03. The van der Waals surface area contributed by atoms with Gasteiger partial charge in [-0.3, -0.25) is 34.6 Å². The highest BCUT2D eigenvalue weighted by molar-refractivity contribution is 5.96. The van der Waals surface area contributed by atoms with E-state index in [2.05, 4.69) is 10.6 Å². The van der Waals surface area contributed by atoms with Crippen molar-refractivity contribution in [3.05, 3.63) is 67.8 Å². The molecule has 0 saturated heterocycles. The van der Waals surface area contributed by atoms with E-state index in [9.17, 15) is 39.7 Å². The Hall–Kier alpha value is -4.59. The minimum absolute atomic E-state index is 0.0297. The Balaban J connectivity index is 0.000000230. The molecule has 0 heterocycles. The molecule has 226 valence electrons. The minimum atomic E-state index is -0.562. The van der Waals surface area contributed by atoms with Crippen molar-refractivity contribution < 1.29 is 38.8 Å². The second-order valence-electron chi connectivity index (χ2n) is 10.1. The Labute approximate surface area is 241 Å². The molecule has 14 nitrogen and oxygen atoms in total. The van der Waals surface area contributed by atoms with Gasteiger partial charge < -0.3 is 25.2 Å². The maximum absolute atomic E-state index is 12.1. The van der Waals surface area contributed by atoms with Gasteiger partial charge in [0.25, 0.3) is 11.8 Å². The van der Waals surface area contributed by atoms with Crippen LogP contribution in [0, 0.1) is 20.2 Å². The Morgan fingerprint density at radius 2 is 1.17 bits per heavy atom. The van der Waals surface area contributed by atoms with Gasteiger partial charge in [-0.25, -0.2) is 0 Å². The molecular formula is C28H34N4O10. The topological polar surface area (TPSA) is 200 Å². The number of nitro groups is 2. The van der Waals surface area contributed by atoms with Crippen LogP contribution in [0.15, 0.2) is 36.4 Å². The summed E-state index contributed by atoms with van der Waals surface area (Å²) >= 11 is 0. The molecule has 0 aliphatic heterocycles. The number of ketones is 1. The van der Waals surface area contributed by atoms with Gasteiger partial charge in [-0.1, -0.05) is 0 Å². The van der Waals surface area contributed by atoms with Crippen LogP contribution in [0.4, 0.5) is 11.4 Å². The number of methoxy groups -OCH3 is 2. The van der Waals surface area contributed by atoms with Crippen LogP contribution in [0.5, 0.6) is 11.5 Å². The summed E-state index contributed by atoms with van der Waals surface area (Å²) in [5.74, 6) is -0.275. The summed E-state index contributed by atoms with van der Waals surface area (Å²) in [6.45, 7) is 0. The summed E-state index contributed by atoms with van der Waals surface area (Å²) in [4.78, 5) is 55.9. The summed E-state index contributed by atoms with van der Waals surface area (Å²) in [6.07, 6.45) is 4.77. The number of nitrogens with one attached hydrogen (secondary N) is 2. The molecule has 0 atom stereocenters. The highest BCUT2D eigenvalue weighted by Gasteiger charge is 2.24. The van der Waals surface area contributed by atoms with Crippen molar-refractivity contribution >= 4 is 29.0 Å². The third kappa shape index (κ3) is 8.70. The molecule has 2 fully saturated rings. The van der Waals surface area contributed by atoms with Crippen molar-refractivity contribution in [2.75, 3.05) is 14.2 Å². The predicted octanol–water partition coefficient (Wildman–Crippen LogP) is 3.48. The largest absolute Gasteiger partial charge is 0.490 e. The molecule has 0 spiro atoms. The van der Waals surface area contributed by atoms with E-state index in [0.29, 0.717) is 49.7 Å². The molecule has 2 aromatic carbocycles. The number of benzene rings is 2. The van der Waals surface area contributed by atoms with E-state index in [-0.39, 0.29) is 58.7 Å². The fraction of sp³-hybridized carbons (Fsp3) is 0.464. The van der Waals surface area contributed by atoms with Crippen LogP contribution < -0.4 is 20.1 Å². The number of ether oxygens (including phenoxy) is 2. The van der Waals surface area contributed by atoms with Gasteiger partial charge in [-0.2, -0.15) is 0 Å². The van der Waals surface area contributed by atoms with Gasteiger partial charge in [-0.05, 0) is 50.7 Å². The van der Waals surface area contributed by atoms with Gasteiger partial charge in [0.15, 0.2) is 11.5 Å². The van der Waals surface area contributed by atoms with E-state index in [1.807, 2.05) is 0 Å². The van der Waals surface area contributed by atoms with Crippen LogP contribution in [0.3, 0.4) is 0 Å². The number of amides is 2.